The van der Waals surface area contributed by atoms with Crippen molar-refractivity contribution in [3.63, 3.8) is 0 Å². The van der Waals surface area contributed by atoms with Gasteiger partial charge in [-0.15, -0.1) is 0 Å². The molecule has 0 radical (unpaired) electrons. The van der Waals surface area contributed by atoms with Crippen LogP contribution in [0, 0.1) is 6.92 Å². The van der Waals surface area contributed by atoms with Crippen LogP contribution < -0.4 is 10.5 Å². The Balaban J connectivity index is 1.78. The number of aromatic nitrogens is 2. The second-order valence-corrected chi connectivity index (χ2v) is 5.64. The number of carbonyl (C=O) groups is 1. The highest BCUT2D eigenvalue weighted by molar-refractivity contribution is 6.30. The summed E-state index contributed by atoms with van der Waals surface area (Å²) < 4.78 is 7.43. The van der Waals surface area contributed by atoms with Crippen LogP contribution in [0.3, 0.4) is 0 Å². The predicted octanol–water partition coefficient (Wildman–Crippen LogP) is 3.51. The smallest absolute Gasteiger partial charge is 0.248 e. The lowest BCUT2D eigenvalue weighted by Crippen LogP contribution is -2.10. The number of halogens is 1. The fourth-order valence-electron chi connectivity index (χ4n) is 2.31. The van der Waals surface area contributed by atoms with Crippen LogP contribution in [0.4, 0.5) is 0 Å². The van der Waals surface area contributed by atoms with Crippen molar-refractivity contribution in [1.82, 2.24) is 9.78 Å². The largest absolute Gasteiger partial charge is 0.489 e. The molecule has 1 heterocycles. The van der Waals surface area contributed by atoms with E-state index in [4.69, 9.17) is 22.1 Å². The van der Waals surface area contributed by atoms with Crippen LogP contribution in [0.5, 0.6) is 5.75 Å². The molecule has 24 heavy (non-hydrogen) atoms. The number of primary amides is 1. The highest BCUT2D eigenvalue weighted by atomic mass is 35.5. The maximum absolute atomic E-state index is 11.1. The fraction of sp³-hybridized carbons (Fsp3) is 0.111. The van der Waals surface area contributed by atoms with E-state index in [1.165, 1.54) is 0 Å². The molecule has 0 spiro atoms. The van der Waals surface area contributed by atoms with Gasteiger partial charge in [0.1, 0.15) is 17.5 Å². The van der Waals surface area contributed by atoms with Gasteiger partial charge in [0.15, 0.2) is 0 Å². The molecule has 1 aromatic heterocycles. The minimum Gasteiger partial charge on any atom is -0.489 e. The number of para-hydroxylation sites is 1. The minimum atomic E-state index is -0.468. The van der Waals surface area contributed by atoms with E-state index in [1.807, 2.05) is 37.3 Å². The fourth-order valence-corrected chi connectivity index (χ4v) is 2.63. The molecule has 0 aliphatic carbocycles. The Labute approximate surface area is 144 Å². The molecule has 0 fully saturated rings. The first-order valence-electron chi connectivity index (χ1n) is 7.38. The number of carbonyl (C=O) groups excluding carboxylic acids is 1. The Bertz CT molecular complexity index is 858. The Hall–Kier alpha value is -2.79. The molecular formula is C18H16ClN3O2. The molecule has 1 amide bonds. The molecular weight excluding hydrogens is 326 g/mol. The molecule has 0 saturated carbocycles. The summed E-state index contributed by atoms with van der Waals surface area (Å²) in [6.45, 7) is 2.17. The second kappa shape index (κ2) is 6.76. The van der Waals surface area contributed by atoms with Crippen LogP contribution in [-0.4, -0.2) is 15.7 Å². The van der Waals surface area contributed by atoms with Crippen molar-refractivity contribution >= 4 is 17.5 Å². The molecule has 2 N–H and O–H groups in total. The first kappa shape index (κ1) is 16.1. The van der Waals surface area contributed by atoms with E-state index < -0.39 is 5.91 Å². The van der Waals surface area contributed by atoms with Crippen LogP contribution >= 0.6 is 11.6 Å². The molecule has 3 rings (SSSR count). The number of nitrogens with two attached hydrogens (primary N) is 1. The van der Waals surface area contributed by atoms with Crippen molar-refractivity contribution in [3.05, 3.63) is 76.6 Å². The Morgan fingerprint density at radius 3 is 2.46 bits per heavy atom. The third-order valence-electron chi connectivity index (χ3n) is 3.64. The quantitative estimate of drug-likeness (QED) is 0.772. The van der Waals surface area contributed by atoms with Crippen LogP contribution in [0.15, 0.2) is 54.6 Å². The molecule has 0 atom stereocenters. The summed E-state index contributed by atoms with van der Waals surface area (Å²) in [6.07, 6.45) is 0. The maximum atomic E-state index is 11.1. The van der Waals surface area contributed by atoms with Gasteiger partial charge < -0.3 is 10.5 Å². The zero-order valence-corrected chi connectivity index (χ0v) is 13.8. The summed E-state index contributed by atoms with van der Waals surface area (Å²) in [6, 6.07) is 16.3. The van der Waals surface area contributed by atoms with Crippen LogP contribution in [0.1, 0.15) is 21.6 Å². The predicted molar refractivity (Wildman–Crippen MR) is 92.6 cm³/mol. The number of hydrogen-bond acceptors (Lipinski definition) is 3. The Kier molecular flexibility index (Phi) is 4.53. The van der Waals surface area contributed by atoms with Crippen molar-refractivity contribution in [3.8, 4) is 11.4 Å². The lowest BCUT2D eigenvalue weighted by atomic mass is 10.2. The molecule has 6 heteroatoms. The number of benzene rings is 2. The summed E-state index contributed by atoms with van der Waals surface area (Å²) in [5.41, 5.74) is 8.17. The van der Waals surface area contributed by atoms with Gasteiger partial charge in [0, 0.05) is 11.1 Å². The summed E-state index contributed by atoms with van der Waals surface area (Å²) in [7, 11) is 0. The number of nitrogens with zero attached hydrogens (tertiary/aromatic N) is 2. The summed E-state index contributed by atoms with van der Waals surface area (Å²) in [5, 5.41) is 4.99. The van der Waals surface area contributed by atoms with Crippen LogP contribution in [0.25, 0.3) is 5.69 Å². The van der Waals surface area contributed by atoms with E-state index in [0.717, 1.165) is 16.9 Å². The number of aryl methyl sites for hydroxylation is 1. The standard InChI is InChI=1S/C18H16ClN3O2/c1-12-16(11-24-15-9-7-13(8-10-15)18(20)23)17(19)22(21-12)14-5-3-2-4-6-14/h2-10H,11H2,1H3,(H2,20,23). The summed E-state index contributed by atoms with van der Waals surface area (Å²) in [5.74, 6) is 0.160. The van der Waals surface area contributed by atoms with E-state index in [2.05, 4.69) is 5.10 Å². The maximum Gasteiger partial charge on any atom is 0.248 e. The van der Waals surface area contributed by atoms with E-state index >= 15 is 0 Å². The zero-order valence-electron chi connectivity index (χ0n) is 13.1. The van der Waals surface area contributed by atoms with Gasteiger partial charge in [-0.2, -0.15) is 5.10 Å². The van der Waals surface area contributed by atoms with Gasteiger partial charge in [0.2, 0.25) is 5.91 Å². The van der Waals surface area contributed by atoms with Crippen molar-refractivity contribution in [1.29, 1.82) is 0 Å². The van der Waals surface area contributed by atoms with E-state index in [0.29, 0.717) is 16.5 Å². The molecule has 0 aliphatic rings. The molecule has 3 aromatic rings. The highest BCUT2D eigenvalue weighted by Crippen LogP contribution is 2.25. The number of ether oxygens (including phenoxy) is 1. The molecule has 2 aromatic carbocycles. The zero-order chi connectivity index (χ0) is 17.1. The molecule has 0 saturated heterocycles. The number of amides is 1. The molecule has 5 nitrogen and oxygen atoms in total. The van der Waals surface area contributed by atoms with Crippen molar-refractivity contribution in [2.45, 2.75) is 13.5 Å². The first-order valence-corrected chi connectivity index (χ1v) is 7.76. The minimum absolute atomic E-state index is 0.285. The topological polar surface area (TPSA) is 70.1 Å². The van der Waals surface area contributed by atoms with Crippen molar-refractivity contribution in [2.24, 2.45) is 5.73 Å². The van der Waals surface area contributed by atoms with E-state index in [1.54, 1.807) is 28.9 Å². The normalized spacial score (nSPS) is 10.6. The highest BCUT2D eigenvalue weighted by Gasteiger charge is 2.15. The molecule has 122 valence electrons. The first-order chi connectivity index (χ1) is 11.6. The molecule has 0 bridgehead atoms. The van der Waals surface area contributed by atoms with Gasteiger partial charge in [0.05, 0.1) is 11.4 Å². The van der Waals surface area contributed by atoms with Crippen molar-refractivity contribution < 1.29 is 9.53 Å². The number of rotatable bonds is 5. The third kappa shape index (κ3) is 3.26. The molecule has 0 unspecified atom stereocenters. The van der Waals surface area contributed by atoms with Gasteiger partial charge >= 0.3 is 0 Å². The van der Waals surface area contributed by atoms with Crippen LogP contribution in [-0.2, 0) is 6.61 Å². The summed E-state index contributed by atoms with van der Waals surface area (Å²) >= 11 is 6.46. The van der Waals surface area contributed by atoms with E-state index in [-0.39, 0.29) is 6.61 Å². The van der Waals surface area contributed by atoms with Crippen LogP contribution in [0.2, 0.25) is 5.15 Å². The van der Waals surface area contributed by atoms with Gasteiger partial charge in [-0.3, -0.25) is 4.79 Å². The third-order valence-corrected chi connectivity index (χ3v) is 4.03. The van der Waals surface area contributed by atoms with Gasteiger partial charge in [0.25, 0.3) is 0 Å². The average Bonchev–Trinajstić information content (AvgIpc) is 2.88. The van der Waals surface area contributed by atoms with Gasteiger partial charge in [-0.05, 0) is 43.3 Å². The summed E-state index contributed by atoms with van der Waals surface area (Å²) in [4.78, 5) is 11.1. The van der Waals surface area contributed by atoms with Crippen molar-refractivity contribution in [2.75, 3.05) is 0 Å². The van der Waals surface area contributed by atoms with E-state index in [9.17, 15) is 4.79 Å². The lowest BCUT2D eigenvalue weighted by molar-refractivity contribution is 0.100. The number of hydrogen-bond donors (Lipinski definition) is 1. The monoisotopic (exact) mass is 341 g/mol. The van der Waals surface area contributed by atoms with Gasteiger partial charge in [-0.25, -0.2) is 4.68 Å². The second-order valence-electron chi connectivity index (χ2n) is 5.28. The average molecular weight is 342 g/mol. The Morgan fingerprint density at radius 2 is 1.83 bits per heavy atom. The van der Waals surface area contributed by atoms with Gasteiger partial charge in [-0.1, -0.05) is 29.8 Å². The SMILES string of the molecule is Cc1nn(-c2ccccc2)c(Cl)c1COc1ccc(C(N)=O)cc1. The Morgan fingerprint density at radius 1 is 1.17 bits per heavy atom. The molecule has 0 aliphatic heterocycles. The lowest BCUT2D eigenvalue weighted by Gasteiger charge is -2.07.